The van der Waals surface area contributed by atoms with Gasteiger partial charge in [0.15, 0.2) is 11.5 Å². The van der Waals surface area contributed by atoms with Gasteiger partial charge in [-0.05, 0) is 43.3 Å². The van der Waals surface area contributed by atoms with E-state index in [4.69, 9.17) is 4.74 Å². The molecule has 1 N–H and O–H groups in total. The van der Waals surface area contributed by atoms with Crippen molar-refractivity contribution in [1.82, 2.24) is 15.2 Å². The Morgan fingerprint density at radius 2 is 1.92 bits per heavy atom. The van der Waals surface area contributed by atoms with Crippen molar-refractivity contribution in [3.8, 4) is 0 Å². The number of rotatable bonds is 3. The summed E-state index contributed by atoms with van der Waals surface area (Å²) in [6.07, 6.45) is 0. The van der Waals surface area contributed by atoms with Gasteiger partial charge >= 0.3 is 0 Å². The second-order valence-corrected chi connectivity index (χ2v) is 6.16. The Morgan fingerprint density at radius 3 is 2.69 bits per heavy atom. The highest BCUT2D eigenvalue weighted by Gasteiger charge is 2.15. The number of benzene rings is 1. The fourth-order valence-electron chi connectivity index (χ4n) is 2.96. The van der Waals surface area contributed by atoms with E-state index >= 15 is 0 Å². The van der Waals surface area contributed by atoms with Crippen LogP contribution in [0, 0.1) is 6.92 Å². The fraction of sp³-hybridized carbons (Fsp3) is 0.263. The first-order valence-electron chi connectivity index (χ1n) is 8.55. The van der Waals surface area contributed by atoms with Crippen LogP contribution in [-0.2, 0) is 4.74 Å². The van der Waals surface area contributed by atoms with Gasteiger partial charge < -0.3 is 15.0 Å². The van der Waals surface area contributed by atoms with Gasteiger partial charge in [0.05, 0.1) is 24.4 Å². The van der Waals surface area contributed by atoms with Crippen LogP contribution in [-0.4, -0.2) is 47.4 Å². The van der Waals surface area contributed by atoms with Gasteiger partial charge in [-0.3, -0.25) is 9.78 Å². The summed E-state index contributed by atoms with van der Waals surface area (Å²) in [6.45, 7) is 4.86. The number of pyridine rings is 1. The Hall–Kier alpha value is -3.06. The molecule has 7 nitrogen and oxygen atoms in total. The SMILES string of the molecule is Cc1ccc2c(NC(=O)c3ccc(N4CCOCC4)nn3)cccc2n1. The summed E-state index contributed by atoms with van der Waals surface area (Å²) in [5, 5.41) is 12.1. The molecule has 0 aliphatic carbocycles. The highest BCUT2D eigenvalue weighted by atomic mass is 16.5. The van der Waals surface area contributed by atoms with Crippen molar-refractivity contribution in [3.63, 3.8) is 0 Å². The average Bonchev–Trinajstić information content (AvgIpc) is 2.69. The van der Waals surface area contributed by atoms with Crippen LogP contribution in [0.25, 0.3) is 10.9 Å². The number of ether oxygens (including phenoxy) is 1. The molecular formula is C19H19N5O2. The Kier molecular flexibility index (Phi) is 4.45. The quantitative estimate of drug-likeness (QED) is 0.782. The lowest BCUT2D eigenvalue weighted by Crippen LogP contribution is -2.37. The molecule has 1 fully saturated rings. The first-order chi connectivity index (χ1) is 12.7. The molecular weight excluding hydrogens is 330 g/mol. The molecule has 0 bridgehead atoms. The first kappa shape index (κ1) is 16.4. The summed E-state index contributed by atoms with van der Waals surface area (Å²) in [5.41, 5.74) is 2.76. The molecule has 1 aromatic carbocycles. The lowest BCUT2D eigenvalue weighted by molar-refractivity contribution is 0.102. The van der Waals surface area contributed by atoms with Gasteiger partial charge in [-0.1, -0.05) is 6.07 Å². The van der Waals surface area contributed by atoms with Gasteiger partial charge in [0.1, 0.15) is 0 Å². The number of nitrogens with one attached hydrogen (secondary N) is 1. The number of anilines is 2. The Labute approximate surface area is 151 Å². The molecule has 0 saturated carbocycles. The average molecular weight is 349 g/mol. The van der Waals surface area contributed by atoms with Crippen molar-refractivity contribution in [1.29, 1.82) is 0 Å². The molecule has 3 heterocycles. The van der Waals surface area contributed by atoms with Crippen LogP contribution >= 0.6 is 0 Å². The van der Waals surface area contributed by atoms with Crippen molar-refractivity contribution in [3.05, 3.63) is 53.9 Å². The molecule has 3 aromatic rings. The largest absolute Gasteiger partial charge is 0.378 e. The van der Waals surface area contributed by atoms with Gasteiger partial charge in [0.2, 0.25) is 0 Å². The number of aromatic nitrogens is 3. The summed E-state index contributed by atoms with van der Waals surface area (Å²) in [6, 6.07) is 13.1. The number of carbonyl (C=O) groups is 1. The van der Waals surface area contributed by atoms with E-state index in [1.807, 2.05) is 43.3 Å². The molecule has 1 amide bonds. The Morgan fingerprint density at radius 1 is 1.08 bits per heavy atom. The third-order valence-electron chi connectivity index (χ3n) is 4.34. The topological polar surface area (TPSA) is 80.2 Å². The normalized spacial score (nSPS) is 14.4. The van der Waals surface area contributed by atoms with Gasteiger partial charge in [-0.2, -0.15) is 0 Å². The molecule has 0 spiro atoms. The highest BCUT2D eigenvalue weighted by molar-refractivity contribution is 6.07. The number of carbonyl (C=O) groups excluding carboxylic acids is 1. The maximum atomic E-state index is 12.5. The number of fused-ring (bicyclic) bond motifs is 1. The van der Waals surface area contributed by atoms with Crippen molar-refractivity contribution in [2.75, 3.05) is 36.5 Å². The number of hydrogen-bond acceptors (Lipinski definition) is 6. The summed E-state index contributed by atoms with van der Waals surface area (Å²) in [7, 11) is 0. The minimum atomic E-state index is -0.292. The van der Waals surface area contributed by atoms with Gasteiger partial charge in [-0.15, -0.1) is 10.2 Å². The number of hydrogen-bond donors (Lipinski definition) is 1. The molecule has 0 unspecified atom stereocenters. The van der Waals surface area contributed by atoms with Crippen LogP contribution in [0.15, 0.2) is 42.5 Å². The van der Waals surface area contributed by atoms with Crippen molar-refractivity contribution < 1.29 is 9.53 Å². The molecule has 2 aromatic heterocycles. The zero-order valence-electron chi connectivity index (χ0n) is 14.5. The zero-order valence-corrected chi connectivity index (χ0v) is 14.5. The molecule has 26 heavy (non-hydrogen) atoms. The van der Waals surface area contributed by atoms with E-state index in [1.54, 1.807) is 6.07 Å². The lowest BCUT2D eigenvalue weighted by Gasteiger charge is -2.27. The predicted molar refractivity (Wildman–Crippen MR) is 99.5 cm³/mol. The second-order valence-electron chi connectivity index (χ2n) is 6.16. The van der Waals surface area contributed by atoms with E-state index in [1.165, 1.54) is 0 Å². The van der Waals surface area contributed by atoms with Gasteiger partial charge in [0.25, 0.3) is 5.91 Å². The molecule has 1 aliphatic rings. The fourth-order valence-corrected chi connectivity index (χ4v) is 2.96. The molecule has 0 atom stereocenters. The van der Waals surface area contributed by atoms with Crippen LogP contribution in [0.4, 0.5) is 11.5 Å². The van der Waals surface area contributed by atoms with Crippen LogP contribution in [0.3, 0.4) is 0 Å². The van der Waals surface area contributed by atoms with Crippen molar-refractivity contribution >= 4 is 28.3 Å². The maximum Gasteiger partial charge on any atom is 0.276 e. The van der Waals surface area contributed by atoms with Crippen LogP contribution in [0.1, 0.15) is 16.2 Å². The minimum absolute atomic E-state index is 0.277. The number of aryl methyl sites for hydroxylation is 1. The van der Waals surface area contributed by atoms with Crippen LogP contribution < -0.4 is 10.2 Å². The van der Waals surface area contributed by atoms with Gasteiger partial charge in [0, 0.05) is 24.2 Å². The first-order valence-corrected chi connectivity index (χ1v) is 8.55. The Bertz CT molecular complexity index is 936. The van der Waals surface area contributed by atoms with E-state index in [0.29, 0.717) is 18.9 Å². The summed E-state index contributed by atoms with van der Waals surface area (Å²) in [5.74, 6) is 0.466. The number of nitrogens with zero attached hydrogens (tertiary/aromatic N) is 4. The van der Waals surface area contributed by atoms with E-state index < -0.39 is 0 Å². The smallest absolute Gasteiger partial charge is 0.276 e. The van der Waals surface area contributed by atoms with E-state index in [2.05, 4.69) is 25.4 Å². The lowest BCUT2D eigenvalue weighted by atomic mass is 10.1. The molecule has 1 aliphatic heterocycles. The Balaban J connectivity index is 1.53. The summed E-state index contributed by atoms with van der Waals surface area (Å²) in [4.78, 5) is 19.1. The van der Waals surface area contributed by atoms with Gasteiger partial charge in [-0.25, -0.2) is 0 Å². The number of morpholine rings is 1. The third kappa shape index (κ3) is 3.34. The van der Waals surface area contributed by atoms with E-state index in [-0.39, 0.29) is 11.6 Å². The maximum absolute atomic E-state index is 12.5. The standard InChI is InChI=1S/C19H19N5O2/c1-13-5-6-14-15(20-13)3-2-4-16(14)21-19(25)17-7-8-18(23-22-17)24-9-11-26-12-10-24/h2-8H,9-12H2,1H3,(H,21,25). The molecule has 132 valence electrons. The van der Waals surface area contributed by atoms with E-state index in [9.17, 15) is 4.79 Å². The summed E-state index contributed by atoms with van der Waals surface area (Å²) >= 11 is 0. The summed E-state index contributed by atoms with van der Waals surface area (Å²) < 4.78 is 5.33. The molecule has 0 radical (unpaired) electrons. The second kappa shape index (κ2) is 7.05. The highest BCUT2D eigenvalue weighted by Crippen LogP contribution is 2.23. The molecule has 4 rings (SSSR count). The van der Waals surface area contributed by atoms with Crippen LogP contribution in [0.5, 0.6) is 0 Å². The number of amides is 1. The van der Waals surface area contributed by atoms with Crippen molar-refractivity contribution in [2.24, 2.45) is 0 Å². The van der Waals surface area contributed by atoms with E-state index in [0.717, 1.165) is 35.5 Å². The monoisotopic (exact) mass is 349 g/mol. The third-order valence-corrected chi connectivity index (χ3v) is 4.34. The van der Waals surface area contributed by atoms with Crippen LogP contribution in [0.2, 0.25) is 0 Å². The molecule has 7 heteroatoms. The zero-order chi connectivity index (χ0) is 17.9. The molecule has 1 saturated heterocycles. The predicted octanol–water partition coefficient (Wildman–Crippen LogP) is 2.42. The minimum Gasteiger partial charge on any atom is -0.378 e. The van der Waals surface area contributed by atoms with Crippen molar-refractivity contribution in [2.45, 2.75) is 6.92 Å².